The van der Waals surface area contributed by atoms with Crippen LogP contribution in [0.4, 0.5) is 0 Å². The maximum Gasteiger partial charge on any atom is 0.225 e. The van der Waals surface area contributed by atoms with Gasteiger partial charge in [0.15, 0.2) is 0 Å². The van der Waals surface area contributed by atoms with Crippen molar-refractivity contribution in [1.82, 2.24) is 14.8 Å². The molecule has 0 bridgehead atoms. The molecule has 1 heterocycles. The molecular weight excluding hydrogens is 138 g/mol. The molecule has 1 aromatic heterocycles. The lowest BCUT2D eigenvalue weighted by atomic mass is 10.2. The summed E-state index contributed by atoms with van der Waals surface area (Å²) in [5.41, 5.74) is 0. The van der Waals surface area contributed by atoms with E-state index >= 15 is 0 Å². The number of hydrogen-bond donors (Lipinski definition) is 0. The van der Waals surface area contributed by atoms with Crippen molar-refractivity contribution in [2.24, 2.45) is 7.05 Å². The second-order valence-corrected chi connectivity index (χ2v) is 2.72. The number of rotatable bonds is 1. The highest BCUT2D eigenvalue weighted by atomic mass is 15.3. The molecule has 0 aromatic carbocycles. The van der Waals surface area contributed by atoms with E-state index in [1.165, 1.54) is 0 Å². The molecule has 3 nitrogen and oxygen atoms in total. The van der Waals surface area contributed by atoms with E-state index in [4.69, 9.17) is 6.42 Å². The SMILES string of the molecule is C#Cc1nc(C(C)C)n(C)n1. The first-order valence-electron chi connectivity index (χ1n) is 3.52. The van der Waals surface area contributed by atoms with Gasteiger partial charge in [0.1, 0.15) is 5.82 Å². The Morgan fingerprint density at radius 2 is 2.18 bits per heavy atom. The van der Waals surface area contributed by atoms with Gasteiger partial charge in [0, 0.05) is 13.0 Å². The lowest BCUT2D eigenvalue weighted by Gasteiger charge is -2.00. The summed E-state index contributed by atoms with van der Waals surface area (Å²) in [5.74, 6) is 4.17. The molecule has 11 heavy (non-hydrogen) atoms. The molecule has 0 aliphatic rings. The van der Waals surface area contributed by atoms with Crippen molar-refractivity contribution >= 4 is 0 Å². The Kier molecular flexibility index (Phi) is 1.95. The Labute approximate surface area is 66.4 Å². The highest BCUT2D eigenvalue weighted by Gasteiger charge is 2.07. The molecule has 0 spiro atoms. The number of terminal acetylenes is 1. The van der Waals surface area contributed by atoms with Crippen LogP contribution in [0.5, 0.6) is 0 Å². The van der Waals surface area contributed by atoms with Crippen LogP contribution in [0.3, 0.4) is 0 Å². The molecule has 0 radical (unpaired) electrons. The third kappa shape index (κ3) is 1.40. The van der Waals surface area contributed by atoms with Crippen molar-refractivity contribution in [3.8, 4) is 12.3 Å². The first-order valence-corrected chi connectivity index (χ1v) is 3.52. The largest absolute Gasteiger partial charge is 0.252 e. The molecule has 0 fully saturated rings. The van der Waals surface area contributed by atoms with Gasteiger partial charge in [-0.15, -0.1) is 11.5 Å². The zero-order valence-corrected chi connectivity index (χ0v) is 7.00. The van der Waals surface area contributed by atoms with E-state index < -0.39 is 0 Å². The quantitative estimate of drug-likeness (QED) is 0.556. The third-order valence-corrected chi connectivity index (χ3v) is 1.44. The normalized spacial score (nSPS) is 10.1. The molecule has 0 amide bonds. The van der Waals surface area contributed by atoms with Crippen molar-refractivity contribution in [2.45, 2.75) is 19.8 Å². The van der Waals surface area contributed by atoms with Crippen molar-refractivity contribution < 1.29 is 0 Å². The Balaban J connectivity index is 3.09. The summed E-state index contributed by atoms with van der Waals surface area (Å²) in [6.45, 7) is 4.12. The van der Waals surface area contributed by atoms with E-state index in [2.05, 4.69) is 29.9 Å². The van der Waals surface area contributed by atoms with Gasteiger partial charge in [-0.1, -0.05) is 13.8 Å². The van der Waals surface area contributed by atoms with Gasteiger partial charge in [-0.2, -0.15) is 0 Å². The van der Waals surface area contributed by atoms with Crippen LogP contribution in [0, 0.1) is 12.3 Å². The Morgan fingerprint density at radius 1 is 1.55 bits per heavy atom. The molecule has 0 aliphatic heterocycles. The molecule has 0 N–H and O–H groups in total. The van der Waals surface area contributed by atoms with Crippen LogP contribution in [0.2, 0.25) is 0 Å². The summed E-state index contributed by atoms with van der Waals surface area (Å²) in [4.78, 5) is 4.14. The van der Waals surface area contributed by atoms with E-state index in [0.29, 0.717) is 11.7 Å². The fraction of sp³-hybridized carbons (Fsp3) is 0.500. The van der Waals surface area contributed by atoms with Crippen LogP contribution >= 0.6 is 0 Å². The molecule has 0 aliphatic carbocycles. The van der Waals surface area contributed by atoms with Crippen molar-refractivity contribution in [2.75, 3.05) is 0 Å². The van der Waals surface area contributed by atoms with E-state index in [9.17, 15) is 0 Å². The molecule has 0 saturated heterocycles. The molecule has 0 saturated carbocycles. The van der Waals surface area contributed by atoms with Crippen LogP contribution in [-0.4, -0.2) is 14.8 Å². The summed E-state index contributed by atoms with van der Waals surface area (Å²) < 4.78 is 1.72. The molecule has 1 rings (SSSR count). The number of aryl methyl sites for hydroxylation is 1. The summed E-state index contributed by atoms with van der Waals surface area (Å²) in [6.07, 6.45) is 5.14. The lowest BCUT2D eigenvalue weighted by Crippen LogP contribution is -2.00. The zero-order valence-electron chi connectivity index (χ0n) is 7.00. The van der Waals surface area contributed by atoms with Crippen molar-refractivity contribution in [3.63, 3.8) is 0 Å². The second kappa shape index (κ2) is 2.75. The fourth-order valence-corrected chi connectivity index (χ4v) is 0.960. The predicted molar refractivity (Wildman–Crippen MR) is 43.0 cm³/mol. The maximum atomic E-state index is 5.14. The van der Waals surface area contributed by atoms with Crippen LogP contribution in [-0.2, 0) is 7.05 Å². The van der Waals surface area contributed by atoms with Crippen LogP contribution < -0.4 is 0 Å². The average Bonchev–Trinajstić information content (AvgIpc) is 2.30. The molecule has 3 heteroatoms. The van der Waals surface area contributed by atoms with E-state index in [1.54, 1.807) is 4.68 Å². The Bertz CT molecular complexity index is 291. The fourth-order valence-electron chi connectivity index (χ4n) is 0.960. The zero-order chi connectivity index (χ0) is 8.43. The third-order valence-electron chi connectivity index (χ3n) is 1.44. The van der Waals surface area contributed by atoms with E-state index in [0.717, 1.165) is 5.82 Å². The molecular formula is C8H11N3. The van der Waals surface area contributed by atoms with Crippen molar-refractivity contribution in [1.29, 1.82) is 0 Å². The topological polar surface area (TPSA) is 30.7 Å². The Morgan fingerprint density at radius 3 is 2.45 bits per heavy atom. The van der Waals surface area contributed by atoms with Gasteiger partial charge in [-0.25, -0.2) is 4.98 Å². The van der Waals surface area contributed by atoms with Gasteiger partial charge >= 0.3 is 0 Å². The van der Waals surface area contributed by atoms with Crippen LogP contribution in [0.25, 0.3) is 0 Å². The minimum Gasteiger partial charge on any atom is -0.252 e. The summed E-state index contributed by atoms with van der Waals surface area (Å²) >= 11 is 0. The molecule has 58 valence electrons. The number of aromatic nitrogens is 3. The molecule has 0 atom stereocenters. The minimum atomic E-state index is 0.370. The average molecular weight is 149 g/mol. The van der Waals surface area contributed by atoms with Gasteiger partial charge in [0.2, 0.25) is 5.82 Å². The second-order valence-electron chi connectivity index (χ2n) is 2.72. The highest BCUT2D eigenvalue weighted by molar-refractivity contribution is 5.15. The number of nitrogens with zero attached hydrogens (tertiary/aromatic N) is 3. The standard InChI is InChI=1S/C8H11N3/c1-5-7-9-8(6(2)3)11(4)10-7/h1,6H,2-4H3. The lowest BCUT2D eigenvalue weighted by molar-refractivity contribution is 0.654. The summed E-state index contributed by atoms with van der Waals surface area (Å²) in [7, 11) is 1.85. The van der Waals surface area contributed by atoms with E-state index in [1.807, 2.05) is 7.05 Å². The highest BCUT2D eigenvalue weighted by Crippen LogP contribution is 2.09. The van der Waals surface area contributed by atoms with E-state index in [-0.39, 0.29) is 0 Å². The van der Waals surface area contributed by atoms with Gasteiger partial charge in [0.25, 0.3) is 0 Å². The maximum absolute atomic E-state index is 5.14. The summed E-state index contributed by atoms with van der Waals surface area (Å²) in [6, 6.07) is 0. The number of hydrogen-bond acceptors (Lipinski definition) is 2. The monoisotopic (exact) mass is 149 g/mol. The van der Waals surface area contributed by atoms with Crippen LogP contribution in [0.15, 0.2) is 0 Å². The first kappa shape index (κ1) is 7.80. The van der Waals surface area contributed by atoms with Gasteiger partial charge in [0.05, 0.1) is 0 Å². The first-order chi connectivity index (χ1) is 5.15. The predicted octanol–water partition coefficient (Wildman–Crippen LogP) is 0.920. The van der Waals surface area contributed by atoms with Gasteiger partial charge < -0.3 is 0 Å². The van der Waals surface area contributed by atoms with Crippen molar-refractivity contribution in [3.05, 3.63) is 11.6 Å². The Hall–Kier alpha value is -1.30. The minimum absolute atomic E-state index is 0.370. The summed E-state index contributed by atoms with van der Waals surface area (Å²) in [5, 5.41) is 4.02. The van der Waals surface area contributed by atoms with Gasteiger partial charge in [-0.05, 0) is 5.92 Å². The molecule has 1 aromatic rings. The van der Waals surface area contributed by atoms with Crippen LogP contribution in [0.1, 0.15) is 31.4 Å². The van der Waals surface area contributed by atoms with Gasteiger partial charge in [-0.3, -0.25) is 4.68 Å². The molecule has 0 unspecified atom stereocenters. The smallest absolute Gasteiger partial charge is 0.225 e.